The molecule has 0 atom stereocenters. The summed E-state index contributed by atoms with van der Waals surface area (Å²) in [6.07, 6.45) is 0. The van der Waals surface area contributed by atoms with Crippen LogP contribution in [0.15, 0.2) is 29.4 Å². The molecule has 1 aromatic heterocycles. The monoisotopic (exact) mass is 263 g/mol. The highest BCUT2D eigenvalue weighted by molar-refractivity contribution is 7.21. The topological polar surface area (TPSA) is 61.7 Å². The number of benzene rings is 1. The van der Waals surface area contributed by atoms with Gasteiger partial charge in [0.25, 0.3) is 0 Å². The third kappa shape index (κ3) is 5.18. The highest BCUT2D eigenvalue weighted by atomic mass is 32.1. The fourth-order valence-corrected chi connectivity index (χ4v) is 1.72. The first-order valence-corrected chi connectivity index (χ1v) is 5.00. The fourth-order valence-electron chi connectivity index (χ4n) is 0.941. The number of hydrogen-bond acceptors (Lipinski definition) is 3. The van der Waals surface area contributed by atoms with Crippen molar-refractivity contribution in [2.45, 2.75) is 0 Å². The summed E-state index contributed by atoms with van der Waals surface area (Å²) in [5.74, 6) is 0. The molecule has 0 spiro atoms. The van der Waals surface area contributed by atoms with E-state index in [1.54, 1.807) is 0 Å². The van der Waals surface area contributed by atoms with Crippen LogP contribution in [0.1, 0.15) is 0 Å². The van der Waals surface area contributed by atoms with Gasteiger partial charge in [-0.05, 0) is 22.8 Å². The smallest absolute Gasteiger partial charge is 0.418 e. The molecule has 10 heteroatoms. The van der Waals surface area contributed by atoms with E-state index in [1.165, 1.54) is 11.3 Å². The lowest BCUT2D eigenvalue weighted by atomic mass is 10.3. The van der Waals surface area contributed by atoms with E-state index in [-0.39, 0.29) is 0 Å². The van der Waals surface area contributed by atoms with Crippen LogP contribution in [-0.4, -0.2) is 12.2 Å². The highest BCUT2D eigenvalue weighted by Crippen LogP contribution is 2.27. The van der Waals surface area contributed by atoms with Gasteiger partial charge in [-0.3, -0.25) is 0 Å². The second kappa shape index (κ2) is 5.51. The van der Waals surface area contributed by atoms with Crippen LogP contribution >= 0.6 is 11.3 Å². The molecule has 0 fully saturated rings. The molecule has 0 bridgehead atoms. The van der Waals surface area contributed by atoms with Crippen molar-refractivity contribution in [2.75, 3.05) is 0 Å². The molecule has 0 unspecified atom stereocenters. The predicted molar refractivity (Wildman–Crippen MR) is 58.6 cm³/mol. The van der Waals surface area contributed by atoms with Gasteiger partial charge in [-0.25, -0.2) is 4.98 Å². The number of azide groups is 1. The molecule has 0 radical (unpaired) electrons. The van der Waals surface area contributed by atoms with Crippen LogP contribution in [0, 0.1) is 0 Å². The van der Waals surface area contributed by atoms with E-state index in [1.807, 2.05) is 24.3 Å². The van der Waals surface area contributed by atoms with Crippen LogP contribution in [0.5, 0.6) is 0 Å². The van der Waals surface area contributed by atoms with Gasteiger partial charge >= 0.3 is 7.25 Å². The van der Waals surface area contributed by atoms with Crippen LogP contribution in [-0.2, 0) is 0 Å². The number of nitrogens with zero attached hydrogens (tertiary/aromatic N) is 4. The lowest BCUT2D eigenvalue weighted by Gasteiger charge is -1.94. The van der Waals surface area contributed by atoms with Crippen LogP contribution in [0.4, 0.5) is 22.4 Å². The third-order valence-electron chi connectivity index (χ3n) is 1.41. The minimum absolute atomic E-state index is 0.471. The van der Waals surface area contributed by atoms with Gasteiger partial charge in [0.05, 0.1) is 10.2 Å². The third-order valence-corrected chi connectivity index (χ3v) is 2.33. The van der Waals surface area contributed by atoms with Crippen molar-refractivity contribution in [3.8, 4) is 0 Å². The molecule has 90 valence electrons. The van der Waals surface area contributed by atoms with Crippen LogP contribution in [0.25, 0.3) is 20.7 Å². The summed E-state index contributed by atoms with van der Waals surface area (Å²) in [7, 11) is -6.00. The maximum Gasteiger partial charge on any atom is 0.673 e. The first kappa shape index (κ1) is 13.3. The molecular weight excluding hydrogens is 259 g/mol. The van der Waals surface area contributed by atoms with E-state index in [4.69, 9.17) is 5.53 Å². The van der Waals surface area contributed by atoms with Crippen molar-refractivity contribution in [1.82, 2.24) is 4.98 Å². The normalized spacial score (nSPS) is 10.4. The first-order valence-electron chi connectivity index (χ1n) is 4.18. The number of rotatable bonds is 1. The van der Waals surface area contributed by atoms with E-state index in [0.717, 1.165) is 10.2 Å². The number of fused-ring (bicyclic) bond motifs is 1. The Morgan fingerprint density at radius 2 is 1.82 bits per heavy atom. The zero-order valence-corrected chi connectivity index (χ0v) is 8.91. The average Bonchev–Trinajstić information content (AvgIpc) is 2.57. The molecule has 2 rings (SSSR count). The number of aromatic nitrogens is 1. The van der Waals surface area contributed by atoms with E-state index in [2.05, 4.69) is 15.0 Å². The van der Waals surface area contributed by atoms with Crippen molar-refractivity contribution < 1.29 is 17.3 Å². The van der Waals surface area contributed by atoms with Crippen LogP contribution < -0.4 is 0 Å². The van der Waals surface area contributed by atoms with Crippen molar-refractivity contribution in [1.29, 1.82) is 0 Å². The number of thiazole rings is 1. The Bertz CT molecular complexity index is 509. The molecule has 4 nitrogen and oxygen atoms in total. The predicted octanol–water partition coefficient (Wildman–Crippen LogP) is 4.54. The highest BCUT2D eigenvalue weighted by Gasteiger charge is 2.20. The zero-order chi connectivity index (χ0) is 12.9. The summed E-state index contributed by atoms with van der Waals surface area (Å²) in [4.78, 5) is 6.77. The summed E-state index contributed by atoms with van der Waals surface area (Å²) in [5.41, 5.74) is 9.05. The van der Waals surface area contributed by atoms with E-state index < -0.39 is 7.25 Å². The molecule has 0 amide bonds. The average molecular weight is 263 g/mol. The molecule has 0 aliphatic rings. The lowest BCUT2D eigenvalue weighted by Crippen LogP contribution is -2.02. The van der Waals surface area contributed by atoms with Crippen molar-refractivity contribution in [3.63, 3.8) is 0 Å². The molecule has 1 aromatic carbocycles. The molecule has 0 N–H and O–H groups in total. The van der Waals surface area contributed by atoms with Crippen molar-refractivity contribution in [3.05, 3.63) is 34.7 Å². The largest absolute Gasteiger partial charge is 0.673 e. The zero-order valence-electron chi connectivity index (χ0n) is 8.10. The van der Waals surface area contributed by atoms with Crippen LogP contribution in [0.2, 0.25) is 0 Å². The van der Waals surface area contributed by atoms with Gasteiger partial charge in [0.15, 0.2) is 5.13 Å². The molecule has 0 aliphatic carbocycles. The molecule has 0 aliphatic heterocycles. The lowest BCUT2D eigenvalue weighted by molar-refractivity contribution is 0.368. The summed E-state index contributed by atoms with van der Waals surface area (Å²) >= 11 is 1.39. The molecule has 0 saturated heterocycles. The van der Waals surface area contributed by atoms with Crippen molar-refractivity contribution in [2.24, 2.45) is 5.11 Å². The minimum atomic E-state index is -6.00. The Morgan fingerprint density at radius 1 is 1.24 bits per heavy atom. The van der Waals surface area contributed by atoms with Crippen molar-refractivity contribution >= 4 is 33.9 Å². The quantitative estimate of drug-likeness (QED) is 0.245. The van der Waals surface area contributed by atoms with Gasteiger partial charge in [-0.1, -0.05) is 12.1 Å². The Hall–Kier alpha value is -1.80. The molecular formula is C7H4BF4N4S-. The fraction of sp³-hybridized carbons (Fsp3) is 0. The Balaban J connectivity index is 0.000000249. The standard InChI is InChI=1S/C7H4N4S.BF4/c8-11-10-7-9-5-3-1-2-4-6(5)12-7;2-1(3,4)5/h1-4H;/q;-1. The first-order chi connectivity index (χ1) is 7.90. The molecule has 0 saturated carbocycles. The van der Waals surface area contributed by atoms with E-state index >= 15 is 0 Å². The maximum atomic E-state index is 9.75. The summed E-state index contributed by atoms with van der Waals surface area (Å²) < 4.78 is 40.0. The van der Waals surface area contributed by atoms with Gasteiger partial charge in [-0.15, -0.1) is 11.3 Å². The van der Waals surface area contributed by atoms with E-state index in [0.29, 0.717) is 5.13 Å². The maximum absolute atomic E-state index is 9.75. The van der Waals surface area contributed by atoms with Gasteiger partial charge in [0.1, 0.15) is 0 Å². The van der Waals surface area contributed by atoms with Gasteiger partial charge < -0.3 is 17.3 Å². The Kier molecular flexibility index (Phi) is 4.30. The Labute approximate surface area is 96.6 Å². The summed E-state index contributed by atoms with van der Waals surface area (Å²) in [6.45, 7) is 0. The van der Waals surface area contributed by atoms with Gasteiger partial charge in [-0.2, -0.15) is 0 Å². The van der Waals surface area contributed by atoms with Crippen LogP contribution in [0.3, 0.4) is 0 Å². The SMILES string of the molecule is F[B-](F)(F)F.[N-]=[N+]=Nc1nc2ccccc2s1. The number of halogens is 4. The Morgan fingerprint density at radius 3 is 2.35 bits per heavy atom. The second-order valence-electron chi connectivity index (χ2n) is 2.65. The summed E-state index contributed by atoms with van der Waals surface area (Å²) in [5, 5.41) is 3.90. The number of para-hydroxylation sites is 1. The summed E-state index contributed by atoms with van der Waals surface area (Å²) in [6, 6.07) is 7.67. The molecule has 17 heavy (non-hydrogen) atoms. The molecule has 1 heterocycles. The van der Waals surface area contributed by atoms with Gasteiger partial charge in [0.2, 0.25) is 0 Å². The second-order valence-corrected chi connectivity index (χ2v) is 3.66. The minimum Gasteiger partial charge on any atom is -0.418 e. The molecule has 2 aromatic rings. The number of hydrogen-bond donors (Lipinski definition) is 0. The van der Waals surface area contributed by atoms with Gasteiger partial charge in [0, 0.05) is 4.91 Å². The van der Waals surface area contributed by atoms with E-state index in [9.17, 15) is 17.3 Å².